The highest BCUT2D eigenvalue weighted by Gasteiger charge is 2.15. The first kappa shape index (κ1) is 14.1. The number of aromatic nitrogens is 2. The minimum Gasteiger partial charge on any atom is -0.381 e. The van der Waals surface area contributed by atoms with Gasteiger partial charge in [-0.25, -0.2) is 0 Å². The lowest BCUT2D eigenvalue weighted by Crippen LogP contribution is -2.20. The Labute approximate surface area is 114 Å². The number of ether oxygens (including phenoxy) is 1. The number of nitrogens with one attached hydrogen (secondary N) is 1. The largest absolute Gasteiger partial charge is 0.381 e. The summed E-state index contributed by atoms with van der Waals surface area (Å²) in [4.78, 5) is 11.6. The van der Waals surface area contributed by atoms with E-state index in [4.69, 9.17) is 4.74 Å². The second-order valence-corrected chi connectivity index (χ2v) is 5.16. The Morgan fingerprint density at radius 3 is 3.05 bits per heavy atom. The first-order chi connectivity index (χ1) is 9.28. The van der Waals surface area contributed by atoms with Gasteiger partial charge in [-0.1, -0.05) is 13.3 Å². The highest BCUT2D eigenvalue weighted by molar-refractivity contribution is 5.90. The van der Waals surface area contributed by atoms with E-state index < -0.39 is 0 Å². The molecule has 1 amide bonds. The molecule has 0 atom stereocenters. The van der Waals surface area contributed by atoms with Crippen molar-refractivity contribution in [3.05, 3.63) is 12.4 Å². The van der Waals surface area contributed by atoms with Crippen LogP contribution in [0.5, 0.6) is 0 Å². The average Bonchev–Trinajstić information content (AvgIpc) is 2.85. The van der Waals surface area contributed by atoms with Gasteiger partial charge in [-0.15, -0.1) is 0 Å². The lowest BCUT2D eigenvalue weighted by Gasteiger charge is -2.21. The molecule has 0 bridgehead atoms. The van der Waals surface area contributed by atoms with E-state index in [1.54, 1.807) is 6.20 Å². The number of nitrogens with zero attached hydrogens (tertiary/aromatic N) is 2. The number of rotatable bonds is 6. The Kier molecular flexibility index (Phi) is 5.39. The minimum absolute atomic E-state index is 0.0764. The molecule has 1 N–H and O–H groups in total. The van der Waals surface area contributed by atoms with Gasteiger partial charge in [0.25, 0.3) is 0 Å². The molecule has 1 aromatic rings. The van der Waals surface area contributed by atoms with Crippen molar-refractivity contribution in [3.8, 4) is 0 Å². The van der Waals surface area contributed by atoms with E-state index in [2.05, 4.69) is 17.3 Å². The van der Waals surface area contributed by atoms with Gasteiger partial charge in [-0.2, -0.15) is 5.10 Å². The first-order valence-corrected chi connectivity index (χ1v) is 7.18. The molecule has 2 rings (SSSR count). The van der Waals surface area contributed by atoms with Gasteiger partial charge in [-0.05, 0) is 25.2 Å². The zero-order chi connectivity index (χ0) is 13.5. The summed E-state index contributed by atoms with van der Waals surface area (Å²) in [6.07, 6.45) is 8.39. The van der Waals surface area contributed by atoms with Crippen LogP contribution < -0.4 is 5.32 Å². The lowest BCUT2D eigenvalue weighted by molar-refractivity contribution is -0.116. The Morgan fingerprint density at radius 1 is 1.53 bits per heavy atom. The summed E-state index contributed by atoms with van der Waals surface area (Å²) in [5.41, 5.74) is 0.799. The molecule has 1 aliphatic heterocycles. The van der Waals surface area contributed by atoms with Gasteiger partial charge in [0, 0.05) is 32.4 Å². The van der Waals surface area contributed by atoms with Crippen LogP contribution in [0.2, 0.25) is 0 Å². The van der Waals surface area contributed by atoms with Gasteiger partial charge in [0.05, 0.1) is 11.9 Å². The van der Waals surface area contributed by atoms with Crippen molar-refractivity contribution in [2.24, 2.45) is 5.92 Å². The summed E-state index contributed by atoms with van der Waals surface area (Å²) >= 11 is 0. The molecule has 2 heterocycles. The third-order valence-corrected chi connectivity index (χ3v) is 3.46. The standard InChI is InChI=1S/C14H23N3O2/c1-2-3-4-14(18)16-13-9-15-17(11-13)10-12-5-7-19-8-6-12/h9,11-12H,2-8,10H2,1H3,(H,16,18). The van der Waals surface area contributed by atoms with Gasteiger partial charge >= 0.3 is 0 Å². The molecule has 1 saturated heterocycles. The molecule has 0 aromatic carbocycles. The fourth-order valence-corrected chi connectivity index (χ4v) is 2.28. The van der Waals surface area contributed by atoms with Gasteiger partial charge < -0.3 is 10.1 Å². The number of hydrogen-bond acceptors (Lipinski definition) is 3. The maximum Gasteiger partial charge on any atom is 0.224 e. The topological polar surface area (TPSA) is 56.2 Å². The summed E-state index contributed by atoms with van der Waals surface area (Å²) < 4.78 is 7.27. The van der Waals surface area contributed by atoms with Crippen LogP contribution in [0.15, 0.2) is 12.4 Å². The van der Waals surface area contributed by atoms with Gasteiger partial charge in [-0.3, -0.25) is 9.48 Å². The van der Waals surface area contributed by atoms with Crippen LogP contribution in [0.4, 0.5) is 5.69 Å². The summed E-state index contributed by atoms with van der Waals surface area (Å²) in [5, 5.41) is 7.19. The monoisotopic (exact) mass is 265 g/mol. The predicted molar refractivity (Wildman–Crippen MR) is 73.9 cm³/mol. The van der Waals surface area contributed by atoms with Crippen LogP contribution in [-0.4, -0.2) is 28.9 Å². The van der Waals surface area contributed by atoms with Crippen molar-refractivity contribution in [1.82, 2.24) is 9.78 Å². The summed E-state index contributed by atoms with van der Waals surface area (Å²) in [6.45, 7) is 4.70. The van der Waals surface area contributed by atoms with Gasteiger partial charge in [0.15, 0.2) is 0 Å². The van der Waals surface area contributed by atoms with Crippen molar-refractivity contribution < 1.29 is 9.53 Å². The molecule has 0 spiro atoms. The molecule has 1 fully saturated rings. The predicted octanol–water partition coefficient (Wildman–Crippen LogP) is 2.44. The molecule has 0 radical (unpaired) electrons. The Bertz CT molecular complexity index is 397. The maximum absolute atomic E-state index is 11.6. The van der Waals surface area contributed by atoms with Gasteiger partial charge in [0.2, 0.25) is 5.91 Å². The summed E-state index contributed by atoms with van der Waals surface area (Å²) in [6, 6.07) is 0. The van der Waals surface area contributed by atoms with E-state index in [0.717, 1.165) is 51.1 Å². The molecule has 5 heteroatoms. The SMILES string of the molecule is CCCCC(=O)Nc1cnn(CC2CCOCC2)c1. The lowest BCUT2D eigenvalue weighted by atomic mass is 10.0. The van der Waals surface area contributed by atoms with E-state index in [1.807, 2.05) is 10.9 Å². The van der Waals surface area contributed by atoms with Crippen LogP contribution >= 0.6 is 0 Å². The molecule has 5 nitrogen and oxygen atoms in total. The molecular formula is C14H23N3O2. The van der Waals surface area contributed by atoms with Crippen molar-refractivity contribution >= 4 is 11.6 Å². The third kappa shape index (κ3) is 4.67. The van der Waals surface area contributed by atoms with Crippen molar-refractivity contribution in [2.45, 2.75) is 45.6 Å². The highest BCUT2D eigenvalue weighted by atomic mass is 16.5. The molecule has 1 aliphatic rings. The van der Waals surface area contributed by atoms with Crippen LogP contribution in [0.25, 0.3) is 0 Å². The first-order valence-electron chi connectivity index (χ1n) is 7.18. The number of amides is 1. The van der Waals surface area contributed by atoms with Crippen LogP contribution in [0, 0.1) is 5.92 Å². The summed E-state index contributed by atoms with van der Waals surface area (Å²) in [5.74, 6) is 0.713. The number of carbonyl (C=O) groups excluding carboxylic acids is 1. The van der Waals surface area contributed by atoms with Crippen molar-refractivity contribution in [2.75, 3.05) is 18.5 Å². The Balaban J connectivity index is 1.79. The molecule has 0 saturated carbocycles. The van der Waals surface area contributed by atoms with E-state index in [9.17, 15) is 4.79 Å². The third-order valence-electron chi connectivity index (χ3n) is 3.46. The normalized spacial score (nSPS) is 16.5. The number of carbonyl (C=O) groups is 1. The summed E-state index contributed by atoms with van der Waals surface area (Å²) in [7, 11) is 0. The second kappa shape index (κ2) is 7.28. The van der Waals surface area contributed by atoms with Gasteiger partial charge in [0.1, 0.15) is 0 Å². The minimum atomic E-state index is 0.0764. The number of hydrogen-bond donors (Lipinski definition) is 1. The molecule has 0 unspecified atom stereocenters. The molecule has 106 valence electrons. The van der Waals surface area contributed by atoms with E-state index >= 15 is 0 Å². The molecule has 19 heavy (non-hydrogen) atoms. The Hall–Kier alpha value is -1.36. The van der Waals surface area contributed by atoms with Crippen LogP contribution in [-0.2, 0) is 16.1 Å². The zero-order valence-corrected chi connectivity index (χ0v) is 11.6. The van der Waals surface area contributed by atoms with E-state index in [1.165, 1.54) is 0 Å². The van der Waals surface area contributed by atoms with Crippen molar-refractivity contribution in [3.63, 3.8) is 0 Å². The zero-order valence-electron chi connectivity index (χ0n) is 11.6. The number of unbranched alkanes of at least 4 members (excludes halogenated alkanes) is 1. The fourth-order valence-electron chi connectivity index (χ4n) is 2.28. The Morgan fingerprint density at radius 2 is 2.32 bits per heavy atom. The van der Waals surface area contributed by atoms with Crippen LogP contribution in [0.1, 0.15) is 39.0 Å². The van der Waals surface area contributed by atoms with E-state index in [0.29, 0.717) is 12.3 Å². The highest BCUT2D eigenvalue weighted by Crippen LogP contribution is 2.17. The average molecular weight is 265 g/mol. The van der Waals surface area contributed by atoms with Crippen LogP contribution in [0.3, 0.4) is 0 Å². The smallest absolute Gasteiger partial charge is 0.224 e. The molecule has 1 aromatic heterocycles. The second-order valence-electron chi connectivity index (χ2n) is 5.16. The van der Waals surface area contributed by atoms with E-state index in [-0.39, 0.29) is 5.91 Å². The molecular weight excluding hydrogens is 242 g/mol. The quantitative estimate of drug-likeness (QED) is 0.859. The fraction of sp³-hybridized carbons (Fsp3) is 0.714. The van der Waals surface area contributed by atoms with Crippen molar-refractivity contribution in [1.29, 1.82) is 0 Å². The number of anilines is 1. The molecule has 0 aliphatic carbocycles. The maximum atomic E-state index is 11.6.